The number of nitrogens with zero attached hydrogens (tertiary/aromatic N) is 2. The topological polar surface area (TPSA) is 147 Å². The number of amides is 1. The number of hydrogen-bond acceptors (Lipinski definition) is 12. The largest absolute Gasteiger partial charge is 0.459 e. The Labute approximate surface area is 410 Å². The molecule has 368 valence electrons. The van der Waals surface area contributed by atoms with Gasteiger partial charge in [0.25, 0.3) is 0 Å². The Hall–Kier alpha value is -6.38. The van der Waals surface area contributed by atoms with Crippen LogP contribution in [0, 0.1) is 17.8 Å². The quantitative estimate of drug-likeness (QED) is 0.0366. The third-order valence-corrected chi connectivity index (χ3v) is 13.9. The summed E-state index contributed by atoms with van der Waals surface area (Å²) in [5, 5.41) is 27.1. The van der Waals surface area contributed by atoms with Gasteiger partial charge in [-0.3, -0.25) is 4.90 Å². The van der Waals surface area contributed by atoms with Crippen molar-refractivity contribution in [2.75, 3.05) is 46.4 Å². The molecule has 5 aromatic rings. The summed E-state index contributed by atoms with van der Waals surface area (Å²) in [4.78, 5) is 22.7. The van der Waals surface area contributed by atoms with Gasteiger partial charge in [0, 0.05) is 37.7 Å². The standard InChI is InChI=1S/C57H64N2O11/c1-3-28-67-57-53(59(36-40-20-24-51-52(31-40)66-38-65-51)56(62)64-30-29-63-37-39-14-6-5-7-15-39)35-49(58-68-4-2)47-33-43(18-10-12-26-60)46(19-11-13-27-61)54(55(47)57)48-34-45(23-25-50(48)70-57)69-44-22-21-41-16-8-9-17-42(41)32-44/h3,5-9,14-17,20-25,31-34,43,46,53-55,60-61H,1,4,10-13,18-19,26-30,35-38H2,2H3/t43-,46+,53-,54+,55+,57+/m0/s1. The van der Waals surface area contributed by atoms with Crippen LogP contribution in [0.4, 0.5) is 4.79 Å². The maximum atomic E-state index is 15.1. The molecule has 9 rings (SSSR count). The fourth-order valence-corrected chi connectivity index (χ4v) is 10.8. The van der Waals surface area contributed by atoms with Gasteiger partial charge in [0.05, 0.1) is 31.5 Å². The summed E-state index contributed by atoms with van der Waals surface area (Å²) < 4.78 is 45.0. The molecule has 2 aliphatic carbocycles. The number of aliphatic hydroxyl groups is 2. The van der Waals surface area contributed by atoms with E-state index >= 15 is 4.79 Å². The van der Waals surface area contributed by atoms with Crippen LogP contribution in [-0.4, -0.2) is 85.2 Å². The molecule has 13 heteroatoms. The first-order valence-corrected chi connectivity index (χ1v) is 24.7. The van der Waals surface area contributed by atoms with Crippen LogP contribution in [0.2, 0.25) is 0 Å². The predicted octanol–water partition coefficient (Wildman–Crippen LogP) is 10.9. The maximum Gasteiger partial charge on any atom is 0.410 e. The van der Waals surface area contributed by atoms with E-state index in [4.69, 9.17) is 43.2 Å². The van der Waals surface area contributed by atoms with E-state index in [1.54, 1.807) is 11.0 Å². The van der Waals surface area contributed by atoms with Crippen LogP contribution < -0.4 is 18.9 Å². The molecule has 4 aliphatic rings. The number of carbonyl (C=O) groups excluding carboxylic acids is 1. The second-order valence-electron chi connectivity index (χ2n) is 18.3. The average Bonchev–Trinajstić information content (AvgIpc) is 3.86. The number of ether oxygens (including phenoxy) is 7. The van der Waals surface area contributed by atoms with Gasteiger partial charge in [-0.1, -0.05) is 96.9 Å². The van der Waals surface area contributed by atoms with E-state index in [9.17, 15) is 10.2 Å². The van der Waals surface area contributed by atoms with Crippen molar-refractivity contribution in [1.29, 1.82) is 0 Å². The zero-order valence-corrected chi connectivity index (χ0v) is 39.9. The Morgan fingerprint density at radius 2 is 1.59 bits per heavy atom. The van der Waals surface area contributed by atoms with Crippen LogP contribution in [0.15, 0.2) is 139 Å². The van der Waals surface area contributed by atoms with Crippen molar-refractivity contribution in [2.24, 2.45) is 22.9 Å². The van der Waals surface area contributed by atoms with Crippen molar-refractivity contribution >= 4 is 22.6 Å². The minimum atomic E-state index is -1.51. The van der Waals surface area contributed by atoms with Gasteiger partial charge in [0.1, 0.15) is 36.5 Å². The third-order valence-electron chi connectivity index (χ3n) is 13.9. The molecular weight excluding hydrogens is 889 g/mol. The smallest absolute Gasteiger partial charge is 0.410 e. The number of hydrogen-bond donors (Lipinski definition) is 2. The molecule has 0 unspecified atom stereocenters. The lowest BCUT2D eigenvalue weighted by atomic mass is 9.55. The predicted molar refractivity (Wildman–Crippen MR) is 266 cm³/mol. The zero-order chi connectivity index (χ0) is 48.3. The van der Waals surface area contributed by atoms with E-state index in [0.717, 1.165) is 58.7 Å². The first kappa shape index (κ1) is 48.6. The number of allylic oxidation sites excluding steroid dienone is 1. The molecule has 0 aromatic heterocycles. The number of carbonyl (C=O) groups is 1. The van der Waals surface area contributed by atoms with Gasteiger partial charge < -0.3 is 48.2 Å². The molecule has 2 N–H and O–H groups in total. The second kappa shape index (κ2) is 23.0. The minimum absolute atomic E-state index is 0.000232. The molecule has 0 bridgehead atoms. The molecule has 1 fully saturated rings. The van der Waals surface area contributed by atoms with Crippen molar-refractivity contribution in [1.82, 2.24) is 4.90 Å². The highest BCUT2D eigenvalue weighted by Gasteiger charge is 2.65. The Bertz CT molecular complexity index is 2640. The first-order valence-electron chi connectivity index (χ1n) is 24.7. The van der Waals surface area contributed by atoms with Crippen LogP contribution in [-0.2, 0) is 32.2 Å². The van der Waals surface area contributed by atoms with Crippen molar-refractivity contribution in [3.8, 4) is 28.7 Å². The van der Waals surface area contributed by atoms with Crippen molar-refractivity contribution in [3.63, 3.8) is 0 Å². The summed E-state index contributed by atoms with van der Waals surface area (Å²) >= 11 is 0. The molecular formula is C57H64N2O11. The average molecular weight is 953 g/mol. The van der Waals surface area contributed by atoms with Gasteiger partial charge in [-0.25, -0.2) is 4.79 Å². The summed E-state index contributed by atoms with van der Waals surface area (Å²) in [5.41, 5.74) is 4.36. The number of unbranched alkanes of at least 4 members (excludes halogenated alkanes) is 2. The SMILES string of the molecule is C=CCO[C@@]12Oc3ccc(Oc4ccc5ccccc5c4)cc3[C@H]3[C@H](CCCCO)[C@@H](CCCCO)C=C(C(=NOCC)C[C@@H]1N(Cc1ccc4c(c1)OCO4)C(=O)OCCOCc1ccccc1)[C@H]32. The lowest BCUT2D eigenvalue weighted by Gasteiger charge is -2.59. The molecule has 2 aliphatic heterocycles. The lowest BCUT2D eigenvalue weighted by Crippen LogP contribution is -2.70. The fraction of sp³-hybridized carbons (Fsp3) is 0.404. The molecule has 1 saturated carbocycles. The summed E-state index contributed by atoms with van der Waals surface area (Å²) in [6, 6.07) is 34.9. The minimum Gasteiger partial charge on any atom is -0.459 e. The highest BCUT2D eigenvalue weighted by atomic mass is 16.7. The van der Waals surface area contributed by atoms with Gasteiger partial charge in [0.2, 0.25) is 12.6 Å². The summed E-state index contributed by atoms with van der Waals surface area (Å²) in [5.74, 6) is 0.970. The van der Waals surface area contributed by atoms with E-state index in [2.05, 4.69) is 36.9 Å². The van der Waals surface area contributed by atoms with E-state index < -0.39 is 23.8 Å². The molecule has 6 atom stereocenters. The highest BCUT2D eigenvalue weighted by molar-refractivity contribution is 6.03. The summed E-state index contributed by atoms with van der Waals surface area (Å²) in [6.45, 7) is 7.35. The highest BCUT2D eigenvalue weighted by Crippen LogP contribution is 2.62. The molecule has 0 radical (unpaired) electrons. The van der Waals surface area contributed by atoms with E-state index in [1.165, 1.54) is 0 Å². The molecule has 70 heavy (non-hydrogen) atoms. The first-order chi connectivity index (χ1) is 34.4. The number of fused-ring (bicyclic) bond motifs is 4. The monoisotopic (exact) mass is 952 g/mol. The molecule has 1 amide bonds. The molecule has 0 spiro atoms. The molecule has 13 nitrogen and oxygen atoms in total. The normalized spacial score (nSPS) is 22.4. The Morgan fingerprint density at radius 1 is 0.829 bits per heavy atom. The van der Waals surface area contributed by atoms with Crippen LogP contribution >= 0.6 is 0 Å². The van der Waals surface area contributed by atoms with E-state index in [0.29, 0.717) is 60.5 Å². The van der Waals surface area contributed by atoms with Crippen LogP contribution in [0.3, 0.4) is 0 Å². The van der Waals surface area contributed by atoms with Crippen LogP contribution in [0.5, 0.6) is 28.7 Å². The summed E-state index contributed by atoms with van der Waals surface area (Å²) in [7, 11) is 0. The van der Waals surface area contributed by atoms with Gasteiger partial charge in [-0.2, -0.15) is 0 Å². The molecule has 2 heterocycles. The van der Waals surface area contributed by atoms with Crippen molar-refractivity contribution in [3.05, 3.63) is 150 Å². The van der Waals surface area contributed by atoms with E-state index in [-0.39, 0.29) is 70.5 Å². The molecule has 0 saturated heterocycles. The number of aliphatic hydroxyl groups excluding tert-OH is 2. The van der Waals surface area contributed by atoms with E-state index in [1.807, 2.05) is 91.9 Å². The van der Waals surface area contributed by atoms with Crippen LogP contribution in [0.1, 0.15) is 74.5 Å². The van der Waals surface area contributed by atoms with Gasteiger partial charge in [-0.05, 0) is 114 Å². The van der Waals surface area contributed by atoms with Crippen LogP contribution in [0.25, 0.3) is 10.8 Å². The maximum absolute atomic E-state index is 15.1. The Balaban J connectivity index is 1.17. The number of rotatable bonds is 23. The summed E-state index contributed by atoms with van der Waals surface area (Å²) in [6.07, 6.45) is 8.17. The third kappa shape index (κ3) is 10.7. The second-order valence-corrected chi connectivity index (χ2v) is 18.3. The van der Waals surface area contributed by atoms with Gasteiger partial charge in [0.15, 0.2) is 11.5 Å². The number of benzene rings is 5. The van der Waals surface area contributed by atoms with Crippen molar-refractivity contribution in [2.45, 2.75) is 82.8 Å². The van der Waals surface area contributed by atoms with Gasteiger partial charge >= 0.3 is 6.09 Å². The zero-order valence-electron chi connectivity index (χ0n) is 39.9. The lowest BCUT2D eigenvalue weighted by molar-refractivity contribution is -0.256. The molecule has 5 aromatic carbocycles. The Kier molecular flexibility index (Phi) is 16.0. The Morgan fingerprint density at radius 3 is 2.40 bits per heavy atom. The fourth-order valence-electron chi connectivity index (χ4n) is 10.8. The van der Waals surface area contributed by atoms with Gasteiger partial charge in [-0.15, -0.1) is 6.58 Å². The van der Waals surface area contributed by atoms with Crippen molar-refractivity contribution < 1.29 is 53.0 Å². The number of oxime groups is 1.